The van der Waals surface area contributed by atoms with E-state index < -0.39 is 0 Å². The second-order valence-corrected chi connectivity index (χ2v) is 3.65. The Kier molecular flexibility index (Phi) is 2.51. The summed E-state index contributed by atoms with van der Waals surface area (Å²) in [5.74, 6) is 0.0868. The predicted molar refractivity (Wildman–Crippen MR) is 58.0 cm³/mol. The van der Waals surface area contributed by atoms with Gasteiger partial charge in [-0.05, 0) is 17.7 Å². The highest BCUT2D eigenvalue weighted by molar-refractivity contribution is 6.35. The van der Waals surface area contributed by atoms with Gasteiger partial charge in [-0.3, -0.25) is 4.79 Å². The highest BCUT2D eigenvalue weighted by atomic mass is 35.5. The maximum Gasteiger partial charge on any atom is 0.168 e. The van der Waals surface area contributed by atoms with Crippen LogP contribution in [0.3, 0.4) is 0 Å². The number of carbonyl (C=O) groups excluding carboxylic acids is 1. The number of rotatable bonds is 1. The molecule has 0 heterocycles. The number of carbonyl (C=O) groups is 1. The average Bonchev–Trinajstić information content (AvgIpc) is 2.19. The van der Waals surface area contributed by atoms with Crippen molar-refractivity contribution in [2.24, 2.45) is 0 Å². The number of hydrogen-bond donors (Lipinski definition) is 0. The van der Waals surface area contributed by atoms with E-state index in [4.69, 9.17) is 11.6 Å². The fourth-order valence-electron chi connectivity index (χ4n) is 1.45. The Hall–Kier alpha value is -1.34. The summed E-state index contributed by atoms with van der Waals surface area (Å²) in [5, 5.41) is 0.606. The second kappa shape index (κ2) is 3.81. The lowest BCUT2D eigenvalue weighted by atomic mass is 9.96. The fraction of sp³-hybridized carbons (Fsp3) is 0.0833. The first-order chi connectivity index (χ1) is 6.77. The molecule has 0 amide bonds. The Labute approximate surface area is 87.7 Å². The number of benzene rings is 1. The molecule has 2 rings (SSSR count). The maximum absolute atomic E-state index is 11.6. The quantitative estimate of drug-likeness (QED) is 0.687. The average molecular weight is 205 g/mol. The minimum atomic E-state index is 0.0868. The molecule has 2 heteroatoms. The molecule has 0 atom stereocenters. The first-order valence-corrected chi connectivity index (χ1v) is 4.80. The molecule has 1 aromatic carbocycles. The number of Topliss-reactive ketones (excluding diaryl/α,β-unsaturated/α-hetero) is 1. The van der Waals surface area contributed by atoms with Gasteiger partial charge in [-0.25, -0.2) is 0 Å². The SMILES string of the molecule is O=C1CC(Cl)=CC=C1c1ccccc1. The zero-order valence-electron chi connectivity index (χ0n) is 7.53. The molecule has 0 saturated carbocycles. The molecule has 0 saturated heterocycles. The van der Waals surface area contributed by atoms with Crippen molar-refractivity contribution in [1.82, 2.24) is 0 Å². The van der Waals surface area contributed by atoms with E-state index in [1.807, 2.05) is 30.3 Å². The van der Waals surface area contributed by atoms with E-state index in [9.17, 15) is 4.79 Å². The van der Waals surface area contributed by atoms with Crippen LogP contribution in [0.5, 0.6) is 0 Å². The monoisotopic (exact) mass is 204 g/mol. The standard InChI is InChI=1S/C12H9ClO/c13-10-6-7-11(12(14)8-10)9-4-2-1-3-5-9/h1-7H,8H2. The van der Waals surface area contributed by atoms with E-state index >= 15 is 0 Å². The molecule has 1 aliphatic rings. The van der Waals surface area contributed by atoms with E-state index in [0.717, 1.165) is 11.1 Å². The zero-order valence-corrected chi connectivity index (χ0v) is 8.29. The Bertz CT molecular complexity index is 415. The van der Waals surface area contributed by atoms with Crippen LogP contribution in [0.25, 0.3) is 5.57 Å². The molecule has 1 aliphatic carbocycles. The van der Waals surface area contributed by atoms with Gasteiger partial charge in [-0.1, -0.05) is 41.9 Å². The van der Waals surface area contributed by atoms with E-state index in [2.05, 4.69) is 0 Å². The molecule has 0 unspecified atom stereocenters. The topological polar surface area (TPSA) is 17.1 Å². The van der Waals surface area contributed by atoms with Gasteiger partial charge in [0.15, 0.2) is 5.78 Å². The van der Waals surface area contributed by atoms with Gasteiger partial charge in [0.05, 0.1) is 0 Å². The molecule has 0 spiro atoms. The molecule has 0 radical (unpaired) electrons. The van der Waals surface area contributed by atoms with Crippen LogP contribution in [0.2, 0.25) is 0 Å². The third kappa shape index (κ3) is 1.78. The molecule has 1 nitrogen and oxygen atoms in total. The molecule has 0 aliphatic heterocycles. The largest absolute Gasteiger partial charge is 0.294 e. The summed E-state index contributed by atoms with van der Waals surface area (Å²) in [5.41, 5.74) is 1.70. The van der Waals surface area contributed by atoms with Crippen LogP contribution < -0.4 is 0 Å². The molecular formula is C12H9ClO. The van der Waals surface area contributed by atoms with Crippen molar-refractivity contribution in [2.75, 3.05) is 0 Å². The Morgan fingerprint density at radius 1 is 1.07 bits per heavy atom. The van der Waals surface area contributed by atoms with Crippen LogP contribution in [-0.2, 0) is 4.79 Å². The Balaban J connectivity index is 2.41. The Morgan fingerprint density at radius 3 is 2.43 bits per heavy atom. The van der Waals surface area contributed by atoms with Gasteiger partial charge in [0.2, 0.25) is 0 Å². The van der Waals surface area contributed by atoms with Crippen LogP contribution >= 0.6 is 11.6 Å². The van der Waals surface area contributed by atoms with Crippen molar-refractivity contribution < 1.29 is 4.79 Å². The number of halogens is 1. The molecule has 0 fully saturated rings. The van der Waals surface area contributed by atoms with Crippen LogP contribution in [-0.4, -0.2) is 5.78 Å². The first-order valence-electron chi connectivity index (χ1n) is 4.42. The highest BCUT2D eigenvalue weighted by Crippen LogP contribution is 2.24. The fourth-order valence-corrected chi connectivity index (χ4v) is 1.63. The maximum atomic E-state index is 11.6. The second-order valence-electron chi connectivity index (χ2n) is 3.16. The summed E-state index contributed by atoms with van der Waals surface area (Å²) >= 11 is 5.76. The highest BCUT2D eigenvalue weighted by Gasteiger charge is 2.15. The number of ketones is 1. The summed E-state index contributed by atoms with van der Waals surface area (Å²) in [6, 6.07) is 9.63. The van der Waals surface area contributed by atoms with E-state index in [1.165, 1.54) is 0 Å². The Morgan fingerprint density at radius 2 is 1.79 bits per heavy atom. The summed E-state index contributed by atoms with van der Waals surface area (Å²) < 4.78 is 0. The van der Waals surface area contributed by atoms with Gasteiger partial charge >= 0.3 is 0 Å². The zero-order chi connectivity index (χ0) is 9.97. The van der Waals surface area contributed by atoms with Gasteiger partial charge in [0.25, 0.3) is 0 Å². The van der Waals surface area contributed by atoms with Gasteiger partial charge in [-0.15, -0.1) is 0 Å². The van der Waals surface area contributed by atoms with Gasteiger partial charge < -0.3 is 0 Å². The summed E-state index contributed by atoms with van der Waals surface area (Å²) in [4.78, 5) is 11.6. The van der Waals surface area contributed by atoms with Crippen molar-refractivity contribution in [3.05, 3.63) is 53.1 Å². The van der Waals surface area contributed by atoms with Gasteiger partial charge in [0.1, 0.15) is 0 Å². The van der Waals surface area contributed by atoms with Crippen LogP contribution in [0.15, 0.2) is 47.5 Å². The lowest BCUT2D eigenvalue weighted by Gasteiger charge is -2.09. The minimum absolute atomic E-state index is 0.0868. The predicted octanol–water partition coefficient (Wildman–Crippen LogP) is 3.17. The molecule has 1 aromatic rings. The van der Waals surface area contributed by atoms with Crippen molar-refractivity contribution in [1.29, 1.82) is 0 Å². The molecule has 0 bridgehead atoms. The van der Waals surface area contributed by atoms with Crippen molar-refractivity contribution in [3.63, 3.8) is 0 Å². The smallest absolute Gasteiger partial charge is 0.168 e. The van der Waals surface area contributed by atoms with Crippen LogP contribution in [0.4, 0.5) is 0 Å². The van der Waals surface area contributed by atoms with Crippen molar-refractivity contribution in [3.8, 4) is 0 Å². The normalized spacial score (nSPS) is 16.2. The third-order valence-electron chi connectivity index (χ3n) is 2.15. The molecular weight excluding hydrogens is 196 g/mol. The van der Waals surface area contributed by atoms with E-state index in [-0.39, 0.29) is 5.78 Å². The number of allylic oxidation sites excluding steroid dienone is 4. The lowest BCUT2D eigenvalue weighted by molar-refractivity contribution is -0.113. The van der Waals surface area contributed by atoms with Gasteiger partial charge in [-0.2, -0.15) is 0 Å². The van der Waals surface area contributed by atoms with Crippen LogP contribution in [0, 0.1) is 0 Å². The lowest BCUT2D eigenvalue weighted by Crippen LogP contribution is -2.04. The van der Waals surface area contributed by atoms with Crippen molar-refractivity contribution in [2.45, 2.75) is 6.42 Å². The summed E-state index contributed by atoms with van der Waals surface area (Å²) in [7, 11) is 0. The van der Waals surface area contributed by atoms with Gasteiger partial charge in [0, 0.05) is 17.0 Å². The first kappa shape index (κ1) is 9.22. The molecule has 70 valence electrons. The summed E-state index contributed by atoms with van der Waals surface area (Å²) in [6.07, 6.45) is 3.89. The molecule has 0 aromatic heterocycles. The number of hydrogen-bond acceptors (Lipinski definition) is 1. The minimum Gasteiger partial charge on any atom is -0.294 e. The molecule has 14 heavy (non-hydrogen) atoms. The van der Waals surface area contributed by atoms with E-state index in [0.29, 0.717) is 11.5 Å². The third-order valence-corrected chi connectivity index (χ3v) is 2.41. The van der Waals surface area contributed by atoms with Crippen molar-refractivity contribution >= 4 is 23.0 Å². The van der Waals surface area contributed by atoms with E-state index in [1.54, 1.807) is 12.2 Å². The van der Waals surface area contributed by atoms with Crippen LogP contribution in [0.1, 0.15) is 12.0 Å². The summed E-state index contributed by atoms with van der Waals surface area (Å²) in [6.45, 7) is 0. The molecule has 0 N–H and O–H groups in total.